The van der Waals surface area contributed by atoms with Gasteiger partial charge in [-0.3, -0.25) is 4.40 Å². The van der Waals surface area contributed by atoms with E-state index in [4.69, 9.17) is 0 Å². The van der Waals surface area contributed by atoms with Crippen LogP contribution >= 0.6 is 11.3 Å². The topological polar surface area (TPSA) is 29.3 Å². The number of aromatic nitrogens is 2. The van der Waals surface area contributed by atoms with E-state index in [1.54, 1.807) is 11.3 Å². The van der Waals surface area contributed by atoms with Crippen molar-refractivity contribution in [1.29, 1.82) is 0 Å². The van der Waals surface area contributed by atoms with Gasteiger partial charge in [-0.25, -0.2) is 4.98 Å². The van der Waals surface area contributed by atoms with Crippen LogP contribution in [0.2, 0.25) is 0 Å². The Balaban J connectivity index is 1.64. The second-order valence-electron chi connectivity index (χ2n) is 5.62. The summed E-state index contributed by atoms with van der Waals surface area (Å²) in [6, 6.07) is 0.698. The molecule has 0 unspecified atom stereocenters. The summed E-state index contributed by atoms with van der Waals surface area (Å²) in [5.74, 6) is 0. The zero-order chi connectivity index (χ0) is 13.1. The van der Waals surface area contributed by atoms with Gasteiger partial charge < -0.3 is 5.32 Å². The van der Waals surface area contributed by atoms with E-state index in [0.717, 1.165) is 11.5 Å². The first kappa shape index (κ1) is 13.1. The van der Waals surface area contributed by atoms with Crippen molar-refractivity contribution in [2.24, 2.45) is 0 Å². The van der Waals surface area contributed by atoms with Gasteiger partial charge in [-0.1, -0.05) is 32.1 Å². The normalized spacial score (nSPS) is 18.6. The Morgan fingerprint density at radius 2 is 2.00 bits per heavy atom. The monoisotopic (exact) mass is 277 g/mol. The minimum absolute atomic E-state index is 0.698. The molecule has 2 aromatic heterocycles. The molecule has 104 valence electrons. The average Bonchev–Trinajstić information content (AvgIpc) is 2.89. The maximum atomic E-state index is 4.61. The summed E-state index contributed by atoms with van der Waals surface area (Å²) in [7, 11) is 0. The van der Waals surface area contributed by atoms with E-state index in [9.17, 15) is 0 Å². The first-order valence-corrected chi connectivity index (χ1v) is 8.37. The van der Waals surface area contributed by atoms with E-state index < -0.39 is 0 Å². The third-order valence-corrected chi connectivity index (χ3v) is 4.98. The molecule has 1 N–H and O–H groups in total. The van der Waals surface area contributed by atoms with Crippen molar-refractivity contribution in [2.45, 2.75) is 64.5 Å². The standard InChI is InChI=1S/C15H23N3S/c1-12-14(18-9-10-19-15(18)17-12)11-16-13-7-5-3-2-4-6-8-13/h9-10,13,16H,2-8,11H2,1H3. The van der Waals surface area contributed by atoms with Gasteiger partial charge in [0.15, 0.2) is 4.96 Å². The zero-order valence-corrected chi connectivity index (χ0v) is 12.5. The fraction of sp³-hybridized carbons (Fsp3) is 0.667. The summed E-state index contributed by atoms with van der Waals surface area (Å²) < 4.78 is 2.23. The first-order chi connectivity index (χ1) is 9.34. The fourth-order valence-corrected chi connectivity index (χ4v) is 3.83. The highest BCUT2D eigenvalue weighted by Crippen LogP contribution is 2.19. The lowest BCUT2D eigenvalue weighted by Gasteiger charge is -2.21. The lowest BCUT2D eigenvalue weighted by molar-refractivity contribution is 0.387. The molecule has 0 aliphatic heterocycles. The maximum absolute atomic E-state index is 4.61. The van der Waals surface area contributed by atoms with Crippen molar-refractivity contribution in [1.82, 2.24) is 14.7 Å². The van der Waals surface area contributed by atoms with Crippen molar-refractivity contribution >= 4 is 16.3 Å². The molecular formula is C15H23N3S. The molecule has 0 bridgehead atoms. The average molecular weight is 277 g/mol. The van der Waals surface area contributed by atoms with Gasteiger partial charge in [-0.05, 0) is 19.8 Å². The van der Waals surface area contributed by atoms with E-state index in [1.807, 2.05) is 0 Å². The molecule has 1 saturated carbocycles. The number of fused-ring (bicyclic) bond motifs is 1. The summed E-state index contributed by atoms with van der Waals surface area (Å²) >= 11 is 1.71. The molecule has 1 fully saturated rings. The summed E-state index contributed by atoms with van der Waals surface area (Å²) in [6.45, 7) is 3.07. The van der Waals surface area contributed by atoms with Crippen molar-refractivity contribution in [2.75, 3.05) is 0 Å². The van der Waals surface area contributed by atoms with Crippen molar-refractivity contribution < 1.29 is 0 Å². The molecule has 0 spiro atoms. The van der Waals surface area contributed by atoms with E-state index in [2.05, 4.69) is 33.2 Å². The maximum Gasteiger partial charge on any atom is 0.194 e. The Morgan fingerprint density at radius 3 is 2.79 bits per heavy atom. The molecule has 3 rings (SSSR count). The number of aryl methyl sites for hydroxylation is 1. The molecule has 0 aromatic carbocycles. The molecule has 1 aliphatic rings. The Kier molecular flexibility index (Phi) is 4.18. The van der Waals surface area contributed by atoms with Gasteiger partial charge in [0.05, 0.1) is 11.4 Å². The molecule has 0 saturated heterocycles. The van der Waals surface area contributed by atoms with E-state index in [1.165, 1.54) is 56.3 Å². The largest absolute Gasteiger partial charge is 0.308 e. The van der Waals surface area contributed by atoms with Crippen LogP contribution in [-0.2, 0) is 6.54 Å². The minimum atomic E-state index is 0.698. The van der Waals surface area contributed by atoms with E-state index in [0.29, 0.717) is 6.04 Å². The van der Waals surface area contributed by atoms with E-state index in [-0.39, 0.29) is 0 Å². The predicted octanol–water partition coefficient (Wildman–Crippen LogP) is 3.91. The van der Waals surface area contributed by atoms with Crippen LogP contribution in [0.3, 0.4) is 0 Å². The Morgan fingerprint density at radius 1 is 1.26 bits per heavy atom. The molecule has 4 heteroatoms. The summed E-state index contributed by atoms with van der Waals surface area (Å²) in [4.78, 5) is 5.73. The predicted molar refractivity (Wildman–Crippen MR) is 80.8 cm³/mol. The van der Waals surface area contributed by atoms with Crippen LogP contribution in [0, 0.1) is 6.92 Å². The molecule has 0 atom stereocenters. The molecule has 2 aromatic rings. The van der Waals surface area contributed by atoms with Gasteiger partial charge in [-0.15, -0.1) is 11.3 Å². The van der Waals surface area contributed by atoms with Crippen molar-refractivity contribution in [3.63, 3.8) is 0 Å². The Hall–Kier alpha value is -0.870. The number of nitrogens with one attached hydrogen (secondary N) is 1. The molecule has 19 heavy (non-hydrogen) atoms. The molecule has 0 radical (unpaired) electrons. The number of imidazole rings is 1. The Labute approximate surface area is 119 Å². The summed E-state index contributed by atoms with van der Waals surface area (Å²) in [6.07, 6.45) is 11.8. The SMILES string of the molecule is Cc1nc2sccn2c1CNC1CCCCCCC1. The Bertz CT molecular complexity index is 520. The van der Waals surface area contributed by atoms with Crippen LogP contribution in [0.25, 0.3) is 4.96 Å². The minimum Gasteiger partial charge on any atom is -0.308 e. The highest BCUT2D eigenvalue weighted by molar-refractivity contribution is 7.15. The summed E-state index contributed by atoms with van der Waals surface area (Å²) in [5.41, 5.74) is 2.50. The number of hydrogen-bond acceptors (Lipinski definition) is 3. The lowest BCUT2D eigenvalue weighted by atomic mass is 9.97. The number of rotatable bonds is 3. The second kappa shape index (κ2) is 6.06. The number of hydrogen-bond donors (Lipinski definition) is 1. The van der Waals surface area contributed by atoms with Crippen LogP contribution in [0.5, 0.6) is 0 Å². The third-order valence-electron chi connectivity index (χ3n) is 4.22. The van der Waals surface area contributed by atoms with Gasteiger partial charge in [0.1, 0.15) is 0 Å². The van der Waals surface area contributed by atoms with Crippen molar-refractivity contribution in [3.8, 4) is 0 Å². The van der Waals surface area contributed by atoms with Crippen molar-refractivity contribution in [3.05, 3.63) is 23.0 Å². The highest BCUT2D eigenvalue weighted by atomic mass is 32.1. The molecular weight excluding hydrogens is 254 g/mol. The number of thiazole rings is 1. The van der Waals surface area contributed by atoms with Crippen LogP contribution in [0.4, 0.5) is 0 Å². The van der Waals surface area contributed by atoms with Gasteiger partial charge >= 0.3 is 0 Å². The number of nitrogens with zero attached hydrogens (tertiary/aromatic N) is 2. The van der Waals surface area contributed by atoms with Crippen LogP contribution < -0.4 is 5.32 Å². The van der Waals surface area contributed by atoms with Crippen LogP contribution in [0.1, 0.15) is 56.3 Å². The quantitative estimate of drug-likeness (QED) is 0.921. The lowest BCUT2D eigenvalue weighted by Crippen LogP contribution is -2.29. The van der Waals surface area contributed by atoms with Gasteiger partial charge in [-0.2, -0.15) is 0 Å². The van der Waals surface area contributed by atoms with Crippen LogP contribution in [-0.4, -0.2) is 15.4 Å². The zero-order valence-electron chi connectivity index (χ0n) is 11.7. The molecule has 1 aliphatic carbocycles. The third kappa shape index (κ3) is 3.00. The molecule has 2 heterocycles. The van der Waals surface area contributed by atoms with E-state index >= 15 is 0 Å². The fourth-order valence-electron chi connectivity index (χ4n) is 3.06. The van der Waals surface area contributed by atoms with Gasteiger partial charge in [0, 0.05) is 24.2 Å². The van der Waals surface area contributed by atoms with Crippen LogP contribution in [0.15, 0.2) is 11.6 Å². The van der Waals surface area contributed by atoms with Gasteiger partial charge in [0.25, 0.3) is 0 Å². The smallest absolute Gasteiger partial charge is 0.194 e. The first-order valence-electron chi connectivity index (χ1n) is 7.49. The molecule has 0 amide bonds. The highest BCUT2D eigenvalue weighted by Gasteiger charge is 2.14. The van der Waals surface area contributed by atoms with Gasteiger partial charge in [0.2, 0.25) is 0 Å². The molecule has 3 nitrogen and oxygen atoms in total. The summed E-state index contributed by atoms with van der Waals surface area (Å²) in [5, 5.41) is 5.87. The second-order valence-corrected chi connectivity index (χ2v) is 6.50.